The number of ether oxygens (including phenoxy) is 1. The molecular weight excluding hydrogens is 361 g/mol. The van der Waals surface area contributed by atoms with E-state index in [1.165, 1.54) is 28.8 Å². The highest BCUT2D eigenvalue weighted by molar-refractivity contribution is 6.04. The van der Waals surface area contributed by atoms with Crippen molar-refractivity contribution in [2.24, 2.45) is 0 Å². The maximum absolute atomic E-state index is 13.9. The SMILES string of the molecule is COc1ccc(CN(C)C(=O)c2nn(C(C)C)c(=O)c3ccccc23)cc1F. The van der Waals surface area contributed by atoms with Crippen molar-refractivity contribution in [1.82, 2.24) is 14.7 Å². The smallest absolute Gasteiger partial charge is 0.274 e. The molecule has 0 saturated carbocycles. The number of nitrogens with zero attached hydrogens (tertiary/aromatic N) is 3. The molecule has 0 fully saturated rings. The van der Waals surface area contributed by atoms with Gasteiger partial charge in [-0.3, -0.25) is 9.59 Å². The van der Waals surface area contributed by atoms with E-state index in [9.17, 15) is 14.0 Å². The highest BCUT2D eigenvalue weighted by atomic mass is 19.1. The van der Waals surface area contributed by atoms with E-state index in [-0.39, 0.29) is 35.5 Å². The first-order valence-electron chi connectivity index (χ1n) is 8.93. The van der Waals surface area contributed by atoms with Crippen LogP contribution in [0, 0.1) is 5.82 Å². The Labute approximate surface area is 162 Å². The number of rotatable bonds is 5. The lowest BCUT2D eigenvalue weighted by Crippen LogP contribution is -2.32. The maximum Gasteiger partial charge on any atom is 0.274 e. The molecule has 28 heavy (non-hydrogen) atoms. The van der Waals surface area contributed by atoms with Crippen LogP contribution in [0.2, 0.25) is 0 Å². The minimum Gasteiger partial charge on any atom is -0.494 e. The van der Waals surface area contributed by atoms with Gasteiger partial charge in [-0.1, -0.05) is 24.3 Å². The molecule has 2 aromatic carbocycles. The van der Waals surface area contributed by atoms with Crippen molar-refractivity contribution in [3.8, 4) is 5.75 Å². The Hall–Kier alpha value is -3.22. The van der Waals surface area contributed by atoms with E-state index in [0.717, 1.165) is 0 Å². The Bertz CT molecular complexity index is 1090. The normalized spacial score (nSPS) is 11.1. The molecule has 0 atom stereocenters. The molecule has 1 amide bonds. The Balaban J connectivity index is 1.99. The Morgan fingerprint density at radius 3 is 2.50 bits per heavy atom. The van der Waals surface area contributed by atoms with Crippen LogP contribution in [-0.4, -0.2) is 34.7 Å². The maximum atomic E-state index is 13.9. The summed E-state index contributed by atoms with van der Waals surface area (Å²) in [6.45, 7) is 3.86. The number of fused-ring (bicyclic) bond motifs is 1. The predicted molar refractivity (Wildman–Crippen MR) is 105 cm³/mol. The molecule has 0 N–H and O–H groups in total. The monoisotopic (exact) mass is 383 g/mol. The van der Waals surface area contributed by atoms with Crippen molar-refractivity contribution in [3.63, 3.8) is 0 Å². The van der Waals surface area contributed by atoms with E-state index >= 15 is 0 Å². The Morgan fingerprint density at radius 2 is 1.89 bits per heavy atom. The van der Waals surface area contributed by atoms with Crippen LogP contribution in [0.1, 0.15) is 35.9 Å². The predicted octanol–water partition coefficient (Wildman–Crippen LogP) is 3.40. The number of hydrogen-bond acceptors (Lipinski definition) is 4. The van der Waals surface area contributed by atoms with Gasteiger partial charge in [-0.25, -0.2) is 9.07 Å². The third-order valence-electron chi connectivity index (χ3n) is 4.50. The van der Waals surface area contributed by atoms with Gasteiger partial charge in [-0.05, 0) is 37.6 Å². The number of aromatic nitrogens is 2. The lowest BCUT2D eigenvalue weighted by atomic mass is 10.1. The van der Waals surface area contributed by atoms with E-state index in [1.54, 1.807) is 37.4 Å². The van der Waals surface area contributed by atoms with Crippen molar-refractivity contribution in [2.45, 2.75) is 26.4 Å². The van der Waals surface area contributed by atoms with Gasteiger partial charge in [0.15, 0.2) is 17.3 Å². The van der Waals surface area contributed by atoms with Crippen molar-refractivity contribution >= 4 is 16.7 Å². The first kappa shape index (κ1) is 19.5. The van der Waals surface area contributed by atoms with Gasteiger partial charge in [0.25, 0.3) is 11.5 Å². The van der Waals surface area contributed by atoms with Gasteiger partial charge >= 0.3 is 0 Å². The number of benzene rings is 2. The summed E-state index contributed by atoms with van der Waals surface area (Å²) in [4.78, 5) is 27.2. The van der Waals surface area contributed by atoms with Crippen LogP contribution in [-0.2, 0) is 6.54 Å². The van der Waals surface area contributed by atoms with Crippen molar-refractivity contribution < 1.29 is 13.9 Å². The second-order valence-electron chi connectivity index (χ2n) is 6.87. The van der Waals surface area contributed by atoms with Crippen LogP contribution in [0.4, 0.5) is 4.39 Å². The van der Waals surface area contributed by atoms with Crippen LogP contribution in [0.3, 0.4) is 0 Å². The molecule has 0 spiro atoms. The lowest BCUT2D eigenvalue weighted by molar-refractivity contribution is 0.0778. The number of methoxy groups -OCH3 is 1. The van der Waals surface area contributed by atoms with Gasteiger partial charge in [0.05, 0.1) is 18.5 Å². The standard InChI is InChI=1S/C21H22FN3O3/c1-13(2)25-20(26)16-8-6-5-7-15(16)19(23-25)21(27)24(3)12-14-9-10-18(28-4)17(22)11-14/h5-11,13H,12H2,1-4H3. The lowest BCUT2D eigenvalue weighted by Gasteiger charge is -2.19. The van der Waals surface area contributed by atoms with Crippen molar-refractivity contribution in [3.05, 3.63) is 69.9 Å². The van der Waals surface area contributed by atoms with E-state index in [1.807, 2.05) is 13.8 Å². The molecule has 146 valence electrons. The minimum atomic E-state index is -0.488. The number of carbonyl (C=O) groups is 1. The molecular formula is C21H22FN3O3. The molecule has 7 heteroatoms. The van der Waals surface area contributed by atoms with Crippen LogP contribution >= 0.6 is 0 Å². The fourth-order valence-electron chi connectivity index (χ4n) is 3.05. The van der Waals surface area contributed by atoms with E-state index in [2.05, 4.69) is 5.10 Å². The summed E-state index contributed by atoms with van der Waals surface area (Å²) in [6.07, 6.45) is 0. The highest BCUT2D eigenvalue weighted by Gasteiger charge is 2.21. The quantitative estimate of drug-likeness (QED) is 0.677. The molecule has 1 heterocycles. The minimum absolute atomic E-state index is 0.148. The summed E-state index contributed by atoms with van der Waals surface area (Å²) in [5.74, 6) is -0.686. The van der Waals surface area contributed by atoms with E-state index in [4.69, 9.17) is 4.74 Å². The number of hydrogen-bond donors (Lipinski definition) is 0. The van der Waals surface area contributed by atoms with Gasteiger partial charge < -0.3 is 9.64 Å². The molecule has 0 saturated heterocycles. The second-order valence-corrected chi connectivity index (χ2v) is 6.87. The fraction of sp³-hybridized carbons (Fsp3) is 0.286. The summed E-state index contributed by atoms with van der Waals surface area (Å²) >= 11 is 0. The Kier molecular flexibility index (Phi) is 5.44. The average molecular weight is 383 g/mol. The molecule has 6 nitrogen and oxygen atoms in total. The van der Waals surface area contributed by atoms with Gasteiger partial charge in [0.1, 0.15) is 0 Å². The zero-order chi connectivity index (χ0) is 20.4. The van der Waals surface area contributed by atoms with Gasteiger partial charge in [-0.15, -0.1) is 0 Å². The molecule has 0 aliphatic heterocycles. The van der Waals surface area contributed by atoms with Gasteiger partial charge in [0, 0.05) is 19.0 Å². The number of amides is 1. The first-order chi connectivity index (χ1) is 13.3. The molecule has 3 aromatic rings. The largest absolute Gasteiger partial charge is 0.494 e. The van der Waals surface area contributed by atoms with Gasteiger partial charge in [0.2, 0.25) is 0 Å². The second kappa shape index (κ2) is 7.80. The highest BCUT2D eigenvalue weighted by Crippen LogP contribution is 2.20. The summed E-state index contributed by atoms with van der Waals surface area (Å²) in [7, 11) is 3.01. The zero-order valence-corrected chi connectivity index (χ0v) is 16.3. The van der Waals surface area contributed by atoms with Crippen LogP contribution in [0.25, 0.3) is 10.8 Å². The van der Waals surface area contributed by atoms with Gasteiger partial charge in [-0.2, -0.15) is 5.10 Å². The molecule has 0 aliphatic rings. The Morgan fingerprint density at radius 1 is 1.21 bits per heavy atom. The molecule has 1 aromatic heterocycles. The third kappa shape index (κ3) is 3.60. The number of carbonyl (C=O) groups excluding carboxylic acids is 1. The number of halogens is 1. The van der Waals surface area contributed by atoms with E-state index < -0.39 is 5.82 Å². The summed E-state index contributed by atoms with van der Waals surface area (Å²) < 4.78 is 20.2. The molecule has 0 aliphatic carbocycles. The van der Waals surface area contributed by atoms with Crippen LogP contribution < -0.4 is 10.3 Å². The molecule has 0 bridgehead atoms. The van der Waals surface area contributed by atoms with Crippen molar-refractivity contribution in [2.75, 3.05) is 14.2 Å². The average Bonchev–Trinajstić information content (AvgIpc) is 2.68. The molecule has 0 radical (unpaired) electrons. The fourth-order valence-corrected chi connectivity index (χ4v) is 3.05. The van der Waals surface area contributed by atoms with E-state index in [0.29, 0.717) is 16.3 Å². The van der Waals surface area contributed by atoms with Crippen LogP contribution in [0.15, 0.2) is 47.3 Å². The summed E-state index contributed by atoms with van der Waals surface area (Å²) in [6, 6.07) is 11.3. The van der Waals surface area contributed by atoms with Crippen LogP contribution in [0.5, 0.6) is 5.75 Å². The molecule has 0 unspecified atom stereocenters. The third-order valence-corrected chi connectivity index (χ3v) is 4.50. The summed E-state index contributed by atoms with van der Waals surface area (Å²) in [5, 5.41) is 5.27. The first-order valence-corrected chi connectivity index (χ1v) is 8.93. The topological polar surface area (TPSA) is 64.4 Å². The van der Waals surface area contributed by atoms with Crippen molar-refractivity contribution in [1.29, 1.82) is 0 Å². The molecule has 3 rings (SSSR count). The summed E-state index contributed by atoms with van der Waals surface area (Å²) in [5.41, 5.74) is 0.582. The zero-order valence-electron chi connectivity index (χ0n) is 16.3.